The van der Waals surface area contributed by atoms with E-state index in [1.807, 2.05) is 12.1 Å². The van der Waals surface area contributed by atoms with Crippen LogP contribution in [0.25, 0.3) is 0 Å². The summed E-state index contributed by atoms with van der Waals surface area (Å²) in [6.07, 6.45) is 0.958. The van der Waals surface area contributed by atoms with Gasteiger partial charge in [-0.25, -0.2) is 0 Å². The lowest BCUT2D eigenvalue weighted by Crippen LogP contribution is -2.20. The van der Waals surface area contributed by atoms with E-state index in [0.717, 1.165) is 17.7 Å². The molecule has 116 valence electrons. The van der Waals surface area contributed by atoms with Gasteiger partial charge in [0.25, 0.3) is 5.69 Å². The highest BCUT2D eigenvalue weighted by Crippen LogP contribution is 2.21. The molecule has 1 N–H and O–H groups in total. The number of ether oxygens (including phenoxy) is 1. The summed E-state index contributed by atoms with van der Waals surface area (Å²) in [5.74, 6) is 0.842. The second-order valence-corrected chi connectivity index (χ2v) is 5.04. The third-order valence-electron chi connectivity index (χ3n) is 3.63. The highest BCUT2D eigenvalue weighted by molar-refractivity contribution is 5.33. The number of rotatable bonds is 7. The summed E-state index contributed by atoms with van der Waals surface area (Å²) < 4.78 is 5.17. The Morgan fingerprint density at radius 1 is 1.14 bits per heavy atom. The Morgan fingerprint density at radius 3 is 2.27 bits per heavy atom. The number of benzene rings is 2. The van der Waals surface area contributed by atoms with Gasteiger partial charge in [0.15, 0.2) is 0 Å². The van der Waals surface area contributed by atoms with Crippen LogP contribution in [0.5, 0.6) is 5.75 Å². The molecule has 22 heavy (non-hydrogen) atoms. The van der Waals surface area contributed by atoms with Crippen LogP contribution in [0.15, 0.2) is 48.5 Å². The molecule has 0 aromatic heterocycles. The quantitative estimate of drug-likeness (QED) is 0.623. The maximum atomic E-state index is 10.6. The first kappa shape index (κ1) is 16.0. The smallest absolute Gasteiger partial charge is 0.269 e. The van der Waals surface area contributed by atoms with Crippen molar-refractivity contribution in [1.29, 1.82) is 0 Å². The Hall–Kier alpha value is -2.40. The molecule has 0 aliphatic rings. The predicted octanol–water partition coefficient (Wildman–Crippen LogP) is 3.84. The van der Waals surface area contributed by atoms with Crippen LogP contribution in [0.2, 0.25) is 0 Å². The van der Waals surface area contributed by atoms with E-state index in [9.17, 15) is 10.1 Å². The zero-order valence-electron chi connectivity index (χ0n) is 12.8. The highest BCUT2D eigenvalue weighted by atomic mass is 16.6. The Kier molecular flexibility index (Phi) is 5.49. The number of hydrogen-bond acceptors (Lipinski definition) is 4. The number of nitrogens with zero attached hydrogens (tertiary/aromatic N) is 1. The minimum absolute atomic E-state index is 0.117. The van der Waals surface area contributed by atoms with Crippen LogP contribution in [-0.2, 0) is 6.54 Å². The molecule has 0 unspecified atom stereocenters. The first-order valence-electron chi connectivity index (χ1n) is 7.24. The second-order valence-electron chi connectivity index (χ2n) is 5.04. The number of nitrogens with one attached hydrogen (secondary N) is 1. The molecule has 5 heteroatoms. The third kappa shape index (κ3) is 4.05. The van der Waals surface area contributed by atoms with Crippen LogP contribution in [0.3, 0.4) is 0 Å². The van der Waals surface area contributed by atoms with Gasteiger partial charge in [-0.05, 0) is 29.7 Å². The van der Waals surface area contributed by atoms with Crippen molar-refractivity contribution in [3.63, 3.8) is 0 Å². The number of nitro groups is 1. The molecule has 2 rings (SSSR count). The van der Waals surface area contributed by atoms with Gasteiger partial charge in [0.2, 0.25) is 0 Å². The summed E-state index contributed by atoms with van der Waals surface area (Å²) in [4.78, 5) is 10.3. The molecule has 0 bridgehead atoms. The Balaban J connectivity index is 1.99. The molecule has 0 radical (unpaired) electrons. The minimum Gasteiger partial charge on any atom is -0.497 e. The van der Waals surface area contributed by atoms with E-state index in [1.54, 1.807) is 19.2 Å². The molecule has 2 aromatic rings. The van der Waals surface area contributed by atoms with Crippen LogP contribution in [0, 0.1) is 10.1 Å². The first-order valence-corrected chi connectivity index (χ1v) is 7.24. The monoisotopic (exact) mass is 300 g/mol. The van der Waals surface area contributed by atoms with Gasteiger partial charge in [-0.3, -0.25) is 10.1 Å². The minimum atomic E-state index is -0.386. The molecular formula is C17H20N2O3. The van der Waals surface area contributed by atoms with Crippen LogP contribution in [0.4, 0.5) is 5.69 Å². The molecule has 0 heterocycles. The van der Waals surface area contributed by atoms with Crippen molar-refractivity contribution in [1.82, 2.24) is 5.32 Å². The fraction of sp³-hybridized carbons (Fsp3) is 0.294. The van der Waals surface area contributed by atoms with E-state index < -0.39 is 0 Å². The molecule has 0 aliphatic heterocycles. The fourth-order valence-corrected chi connectivity index (χ4v) is 2.31. The van der Waals surface area contributed by atoms with Crippen molar-refractivity contribution < 1.29 is 9.66 Å². The van der Waals surface area contributed by atoms with Crippen molar-refractivity contribution in [3.05, 3.63) is 69.8 Å². The SMILES string of the molecule is CC[C@H](NCc1ccc([N+](=O)[O-])cc1)c1ccc(OC)cc1. The van der Waals surface area contributed by atoms with Gasteiger partial charge in [0.1, 0.15) is 5.75 Å². The van der Waals surface area contributed by atoms with Gasteiger partial charge in [0, 0.05) is 24.7 Å². The molecule has 0 fully saturated rings. The number of methoxy groups -OCH3 is 1. The zero-order valence-corrected chi connectivity index (χ0v) is 12.8. The maximum absolute atomic E-state index is 10.6. The largest absolute Gasteiger partial charge is 0.497 e. The van der Waals surface area contributed by atoms with Gasteiger partial charge in [-0.2, -0.15) is 0 Å². The van der Waals surface area contributed by atoms with Gasteiger partial charge < -0.3 is 10.1 Å². The van der Waals surface area contributed by atoms with Crippen LogP contribution in [-0.4, -0.2) is 12.0 Å². The highest BCUT2D eigenvalue weighted by Gasteiger charge is 2.09. The molecule has 5 nitrogen and oxygen atoms in total. The van der Waals surface area contributed by atoms with Gasteiger partial charge in [-0.1, -0.05) is 31.2 Å². The van der Waals surface area contributed by atoms with Gasteiger partial charge >= 0.3 is 0 Å². The van der Waals surface area contributed by atoms with E-state index in [2.05, 4.69) is 24.4 Å². The fourth-order valence-electron chi connectivity index (χ4n) is 2.31. The van der Waals surface area contributed by atoms with Crippen molar-refractivity contribution in [2.45, 2.75) is 25.9 Å². The molecule has 0 saturated heterocycles. The summed E-state index contributed by atoms with van der Waals surface area (Å²) in [6.45, 7) is 2.79. The van der Waals surface area contributed by atoms with Gasteiger partial charge in [0.05, 0.1) is 12.0 Å². The van der Waals surface area contributed by atoms with E-state index in [-0.39, 0.29) is 16.7 Å². The standard InChI is InChI=1S/C17H20N2O3/c1-3-17(14-6-10-16(22-2)11-7-14)18-12-13-4-8-15(9-5-13)19(20)21/h4-11,17-18H,3,12H2,1-2H3/t17-/m0/s1. The van der Waals surface area contributed by atoms with Crippen LogP contribution < -0.4 is 10.1 Å². The number of non-ortho nitro benzene ring substituents is 1. The lowest BCUT2D eigenvalue weighted by atomic mass is 10.0. The third-order valence-corrected chi connectivity index (χ3v) is 3.63. The van der Waals surface area contributed by atoms with Gasteiger partial charge in [-0.15, -0.1) is 0 Å². The molecule has 1 atom stereocenters. The second kappa shape index (κ2) is 7.56. The average molecular weight is 300 g/mol. The number of hydrogen-bond donors (Lipinski definition) is 1. The summed E-state index contributed by atoms with van der Waals surface area (Å²) in [5, 5.41) is 14.1. The van der Waals surface area contributed by atoms with Crippen LogP contribution in [0.1, 0.15) is 30.5 Å². The molecule has 2 aromatic carbocycles. The normalized spacial score (nSPS) is 11.9. The van der Waals surface area contributed by atoms with E-state index in [0.29, 0.717) is 6.54 Å². The number of nitro benzene ring substituents is 1. The van der Waals surface area contributed by atoms with Crippen molar-refractivity contribution >= 4 is 5.69 Å². The lowest BCUT2D eigenvalue weighted by molar-refractivity contribution is -0.384. The van der Waals surface area contributed by atoms with Crippen molar-refractivity contribution in [2.75, 3.05) is 7.11 Å². The molecule has 0 spiro atoms. The van der Waals surface area contributed by atoms with E-state index >= 15 is 0 Å². The average Bonchev–Trinajstić information content (AvgIpc) is 2.56. The Bertz CT molecular complexity index is 609. The Morgan fingerprint density at radius 2 is 1.77 bits per heavy atom. The summed E-state index contributed by atoms with van der Waals surface area (Å²) in [6, 6.07) is 14.9. The molecule has 0 aliphatic carbocycles. The summed E-state index contributed by atoms with van der Waals surface area (Å²) in [5.41, 5.74) is 2.34. The van der Waals surface area contributed by atoms with Crippen LogP contribution >= 0.6 is 0 Å². The van der Waals surface area contributed by atoms with Crippen molar-refractivity contribution in [2.24, 2.45) is 0 Å². The zero-order chi connectivity index (χ0) is 15.9. The summed E-state index contributed by atoms with van der Waals surface area (Å²) >= 11 is 0. The van der Waals surface area contributed by atoms with E-state index in [4.69, 9.17) is 4.74 Å². The first-order chi connectivity index (χ1) is 10.6. The topological polar surface area (TPSA) is 64.4 Å². The van der Waals surface area contributed by atoms with Crippen molar-refractivity contribution in [3.8, 4) is 5.75 Å². The molecular weight excluding hydrogens is 280 g/mol. The lowest BCUT2D eigenvalue weighted by Gasteiger charge is -2.18. The van der Waals surface area contributed by atoms with E-state index in [1.165, 1.54) is 17.7 Å². The Labute approximate surface area is 130 Å². The summed E-state index contributed by atoms with van der Waals surface area (Å²) in [7, 11) is 1.65. The predicted molar refractivity (Wildman–Crippen MR) is 86.0 cm³/mol. The maximum Gasteiger partial charge on any atom is 0.269 e. The molecule has 0 amide bonds. The molecule has 0 saturated carbocycles.